The number of fused-ring (bicyclic) bond motifs is 1. The normalized spacial score (nSPS) is 11.1. The van der Waals surface area contributed by atoms with Gasteiger partial charge in [-0.3, -0.25) is 9.20 Å². The van der Waals surface area contributed by atoms with E-state index in [2.05, 4.69) is 15.0 Å². The number of rotatable bonds is 7. The van der Waals surface area contributed by atoms with Crippen LogP contribution in [0.3, 0.4) is 0 Å². The van der Waals surface area contributed by atoms with E-state index in [9.17, 15) is 13.6 Å². The monoisotopic (exact) mass is 429 g/mol. The summed E-state index contributed by atoms with van der Waals surface area (Å²) in [4.78, 5) is 17.9. The molecule has 4 rings (SSSR count). The molecule has 1 N–H and O–H groups in total. The van der Waals surface area contributed by atoms with Gasteiger partial charge in [-0.15, -0.1) is 11.3 Å². The zero-order valence-electron chi connectivity index (χ0n) is 15.8. The fourth-order valence-corrected chi connectivity index (χ4v) is 3.89. The van der Waals surface area contributed by atoms with E-state index in [1.165, 1.54) is 30.6 Å². The number of thiazole rings is 1. The van der Waals surface area contributed by atoms with Crippen LogP contribution in [0.25, 0.3) is 16.2 Å². The minimum atomic E-state index is -3.00. The van der Waals surface area contributed by atoms with Crippen molar-refractivity contribution in [3.05, 3.63) is 65.8 Å². The number of aromatic nitrogens is 2. The first-order valence-corrected chi connectivity index (χ1v) is 9.85. The van der Waals surface area contributed by atoms with Gasteiger partial charge in [0.1, 0.15) is 0 Å². The van der Waals surface area contributed by atoms with Crippen LogP contribution in [0.4, 0.5) is 14.5 Å². The lowest BCUT2D eigenvalue weighted by atomic mass is 10.2. The van der Waals surface area contributed by atoms with Crippen molar-refractivity contribution < 1.29 is 23.0 Å². The van der Waals surface area contributed by atoms with E-state index in [0.717, 1.165) is 21.9 Å². The number of carbonyl (C=O) groups excluding carboxylic acids is 1. The summed E-state index contributed by atoms with van der Waals surface area (Å²) in [6.07, 6.45) is 1.99. The van der Waals surface area contributed by atoms with Crippen molar-refractivity contribution in [2.75, 3.05) is 12.4 Å². The molecule has 2 aromatic carbocycles. The van der Waals surface area contributed by atoms with Crippen molar-refractivity contribution in [2.24, 2.45) is 0 Å². The third-order valence-corrected chi connectivity index (χ3v) is 5.25. The summed E-state index contributed by atoms with van der Waals surface area (Å²) in [6.45, 7) is -3.00. The number of amides is 1. The number of nitrogens with zero attached hydrogens (tertiary/aromatic N) is 2. The molecule has 0 bridgehead atoms. The highest BCUT2D eigenvalue weighted by Crippen LogP contribution is 2.31. The zero-order chi connectivity index (χ0) is 21.1. The number of benzene rings is 2. The fourth-order valence-electron chi connectivity index (χ4n) is 3.02. The number of carbonyl (C=O) groups is 1. The predicted molar refractivity (Wildman–Crippen MR) is 110 cm³/mol. The first-order chi connectivity index (χ1) is 14.5. The number of halogens is 2. The molecule has 0 saturated heterocycles. The van der Waals surface area contributed by atoms with Crippen LogP contribution < -0.4 is 14.8 Å². The highest BCUT2D eigenvalue weighted by atomic mass is 32.1. The van der Waals surface area contributed by atoms with E-state index in [0.29, 0.717) is 5.69 Å². The standard InChI is InChI=1S/C21H17F2N3O3S/c1-28-17-8-7-14(9-18(17)29-20(22)23)24-19(27)10-15-12-30-21-25-16(11-26(15)21)13-5-3-2-4-6-13/h2-9,11-12,20H,10H2,1H3,(H,24,27). The molecular formula is C21H17F2N3O3S. The van der Waals surface area contributed by atoms with E-state index in [4.69, 9.17) is 4.74 Å². The Labute approximate surface area is 174 Å². The number of ether oxygens (including phenoxy) is 2. The summed E-state index contributed by atoms with van der Waals surface area (Å²) in [6, 6.07) is 14.1. The number of alkyl halides is 2. The van der Waals surface area contributed by atoms with E-state index in [1.54, 1.807) is 6.07 Å². The van der Waals surface area contributed by atoms with Crippen LogP contribution in [0.5, 0.6) is 11.5 Å². The average Bonchev–Trinajstić information content (AvgIpc) is 3.30. The van der Waals surface area contributed by atoms with E-state index >= 15 is 0 Å². The number of imidazole rings is 1. The summed E-state index contributed by atoms with van der Waals surface area (Å²) in [5, 5.41) is 4.57. The highest BCUT2D eigenvalue weighted by molar-refractivity contribution is 7.15. The SMILES string of the molecule is COc1ccc(NC(=O)Cc2csc3nc(-c4ccccc4)cn23)cc1OC(F)F. The summed E-state index contributed by atoms with van der Waals surface area (Å²) >= 11 is 1.44. The Balaban J connectivity index is 1.50. The van der Waals surface area contributed by atoms with Crippen molar-refractivity contribution in [3.8, 4) is 22.8 Å². The number of anilines is 1. The molecule has 0 spiro atoms. The maximum absolute atomic E-state index is 12.6. The number of nitrogens with one attached hydrogen (secondary N) is 1. The zero-order valence-corrected chi connectivity index (χ0v) is 16.7. The molecule has 0 unspecified atom stereocenters. The van der Waals surface area contributed by atoms with Crippen LogP contribution in [0.15, 0.2) is 60.1 Å². The number of methoxy groups -OCH3 is 1. The van der Waals surface area contributed by atoms with E-state index < -0.39 is 6.61 Å². The largest absolute Gasteiger partial charge is 0.493 e. The third-order valence-electron chi connectivity index (χ3n) is 4.36. The van der Waals surface area contributed by atoms with Gasteiger partial charge in [0, 0.05) is 34.6 Å². The average molecular weight is 429 g/mol. The maximum atomic E-state index is 12.6. The molecule has 6 nitrogen and oxygen atoms in total. The second-order valence-corrected chi connectivity index (χ2v) is 7.18. The van der Waals surface area contributed by atoms with Crippen LogP contribution in [-0.4, -0.2) is 29.0 Å². The van der Waals surface area contributed by atoms with Gasteiger partial charge in [0.05, 0.1) is 19.2 Å². The lowest BCUT2D eigenvalue weighted by molar-refractivity contribution is -0.115. The molecule has 0 atom stereocenters. The molecule has 30 heavy (non-hydrogen) atoms. The van der Waals surface area contributed by atoms with Crippen LogP contribution in [-0.2, 0) is 11.2 Å². The van der Waals surface area contributed by atoms with Crippen LogP contribution >= 0.6 is 11.3 Å². The van der Waals surface area contributed by atoms with Crippen molar-refractivity contribution in [2.45, 2.75) is 13.0 Å². The Hall–Kier alpha value is -3.46. The van der Waals surface area contributed by atoms with Crippen molar-refractivity contribution in [1.82, 2.24) is 9.38 Å². The van der Waals surface area contributed by atoms with E-state index in [-0.39, 0.29) is 23.8 Å². The molecule has 0 aliphatic rings. The van der Waals surface area contributed by atoms with Gasteiger partial charge < -0.3 is 14.8 Å². The van der Waals surface area contributed by atoms with Gasteiger partial charge in [-0.1, -0.05) is 30.3 Å². The second kappa shape index (κ2) is 8.50. The Morgan fingerprint density at radius 1 is 1.20 bits per heavy atom. The minimum absolute atomic E-state index is 0.0989. The summed E-state index contributed by atoms with van der Waals surface area (Å²) in [7, 11) is 1.35. The Kier molecular flexibility index (Phi) is 5.62. The smallest absolute Gasteiger partial charge is 0.387 e. The van der Waals surface area contributed by atoms with Gasteiger partial charge >= 0.3 is 6.61 Å². The van der Waals surface area contributed by atoms with Crippen molar-refractivity contribution in [3.63, 3.8) is 0 Å². The molecule has 2 heterocycles. The molecule has 0 aliphatic carbocycles. The van der Waals surface area contributed by atoms with Gasteiger partial charge in [-0.05, 0) is 12.1 Å². The highest BCUT2D eigenvalue weighted by Gasteiger charge is 2.15. The Bertz CT molecular complexity index is 1170. The van der Waals surface area contributed by atoms with E-state index in [1.807, 2.05) is 46.3 Å². The van der Waals surface area contributed by atoms with Crippen LogP contribution in [0, 0.1) is 0 Å². The first kappa shape index (κ1) is 19.8. The van der Waals surface area contributed by atoms with Crippen LogP contribution in [0.2, 0.25) is 0 Å². The maximum Gasteiger partial charge on any atom is 0.387 e. The molecule has 0 fully saturated rings. The molecule has 0 saturated carbocycles. The first-order valence-electron chi connectivity index (χ1n) is 8.97. The lowest BCUT2D eigenvalue weighted by Gasteiger charge is -2.12. The molecule has 0 radical (unpaired) electrons. The molecule has 4 aromatic rings. The molecule has 9 heteroatoms. The number of hydrogen-bond acceptors (Lipinski definition) is 5. The fraction of sp³-hybridized carbons (Fsp3) is 0.143. The second-order valence-electron chi connectivity index (χ2n) is 6.34. The number of hydrogen-bond donors (Lipinski definition) is 1. The summed E-state index contributed by atoms with van der Waals surface area (Å²) in [5.41, 5.74) is 2.93. The lowest BCUT2D eigenvalue weighted by Crippen LogP contribution is -2.15. The molecule has 0 aliphatic heterocycles. The van der Waals surface area contributed by atoms with Gasteiger partial charge in [-0.2, -0.15) is 8.78 Å². The van der Waals surface area contributed by atoms with Gasteiger partial charge in [0.25, 0.3) is 0 Å². The van der Waals surface area contributed by atoms with Gasteiger partial charge in [-0.25, -0.2) is 4.98 Å². The Morgan fingerprint density at radius 3 is 2.73 bits per heavy atom. The Morgan fingerprint density at radius 2 is 2.00 bits per heavy atom. The molecule has 2 aromatic heterocycles. The summed E-state index contributed by atoms with van der Waals surface area (Å²) in [5.74, 6) is -0.289. The van der Waals surface area contributed by atoms with Crippen LogP contribution in [0.1, 0.15) is 5.69 Å². The molecule has 154 valence electrons. The van der Waals surface area contributed by atoms with Crippen molar-refractivity contribution in [1.29, 1.82) is 0 Å². The molecule has 1 amide bonds. The third kappa shape index (κ3) is 4.25. The quantitative estimate of drug-likeness (QED) is 0.456. The summed E-state index contributed by atoms with van der Waals surface area (Å²) < 4.78 is 36.5. The molecular weight excluding hydrogens is 412 g/mol. The van der Waals surface area contributed by atoms with Gasteiger partial charge in [0.15, 0.2) is 16.5 Å². The van der Waals surface area contributed by atoms with Crippen molar-refractivity contribution >= 4 is 27.9 Å². The minimum Gasteiger partial charge on any atom is -0.493 e. The predicted octanol–water partition coefficient (Wildman–Crippen LogP) is 4.85. The topological polar surface area (TPSA) is 64.9 Å². The van der Waals surface area contributed by atoms with Gasteiger partial charge in [0.2, 0.25) is 5.91 Å².